The molecule has 4 atom stereocenters. The van der Waals surface area contributed by atoms with Gasteiger partial charge in [0.05, 0.1) is 34.7 Å². The highest BCUT2D eigenvalue weighted by molar-refractivity contribution is 14.1. The van der Waals surface area contributed by atoms with Gasteiger partial charge in [-0.25, -0.2) is 0 Å². The lowest BCUT2D eigenvalue weighted by Gasteiger charge is -2.21. The van der Waals surface area contributed by atoms with E-state index >= 15 is 0 Å². The van der Waals surface area contributed by atoms with Crippen LogP contribution in [-0.4, -0.2) is 25.1 Å². The fourth-order valence-corrected chi connectivity index (χ4v) is 3.92. The number of ether oxygens (including phenoxy) is 2. The van der Waals surface area contributed by atoms with Gasteiger partial charge in [0, 0.05) is 0 Å². The molecule has 3 rings (SSSR count). The number of halogens is 1. The molecule has 1 aliphatic carbocycles. The summed E-state index contributed by atoms with van der Waals surface area (Å²) in [5.41, 5.74) is 0. The number of carbonyl (C=O) groups is 1. The van der Waals surface area contributed by atoms with Crippen molar-refractivity contribution in [3.05, 3.63) is 9.34 Å². The first kappa shape index (κ1) is 9.15. The normalized spacial score (nSPS) is 44.9. The maximum absolute atomic E-state index is 11.9. The Kier molecular flexibility index (Phi) is 1.93. The Balaban J connectivity index is 2.04. The summed E-state index contributed by atoms with van der Waals surface area (Å²) in [7, 11) is 1.65. The minimum atomic E-state index is 0.0654. The second-order valence-corrected chi connectivity index (χ2v) is 5.17. The van der Waals surface area contributed by atoms with E-state index in [1.807, 2.05) is 0 Å². The van der Waals surface area contributed by atoms with Gasteiger partial charge in [-0.05, 0) is 35.4 Å². The lowest BCUT2D eigenvalue weighted by molar-refractivity contribution is -0.119. The van der Waals surface area contributed by atoms with Crippen LogP contribution in [0.1, 0.15) is 12.8 Å². The molecule has 2 bridgehead atoms. The Hall–Kier alpha value is -0.100. The molecule has 0 aromatic heterocycles. The first-order valence-corrected chi connectivity index (χ1v) is 5.95. The van der Waals surface area contributed by atoms with E-state index in [9.17, 15) is 4.79 Å². The molecule has 2 fully saturated rings. The third-order valence-corrected chi connectivity index (χ3v) is 4.59. The van der Waals surface area contributed by atoms with Gasteiger partial charge in [0.15, 0.2) is 5.78 Å². The monoisotopic (exact) mass is 306 g/mol. The zero-order valence-electron chi connectivity index (χ0n) is 7.83. The summed E-state index contributed by atoms with van der Waals surface area (Å²) in [5.74, 6) is 1.39. The summed E-state index contributed by atoms with van der Waals surface area (Å²) in [6, 6.07) is 0. The van der Waals surface area contributed by atoms with E-state index in [0.29, 0.717) is 0 Å². The van der Waals surface area contributed by atoms with Crippen LogP contribution < -0.4 is 0 Å². The predicted molar refractivity (Wildman–Crippen MR) is 57.9 cm³/mol. The van der Waals surface area contributed by atoms with Crippen molar-refractivity contribution in [1.29, 1.82) is 0 Å². The quantitative estimate of drug-likeness (QED) is 0.691. The zero-order chi connectivity index (χ0) is 9.87. The average molecular weight is 306 g/mol. The van der Waals surface area contributed by atoms with Crippen LogP contribution in [0.2, 0.25) is 0 Å². The largest absolute Gasteiger partial charge is 0.499 e. The maximum Gasteiger partial charge on any atom is 0.178 e. The van der Waals surface area contributed by atoms with E-state index in [0.717, 1.165) is 22.2 Å². The maximum atomic E-state index is 11.9. The molecule has 4 unspecified atom stereocenters. The van der Waals surface area contributed by atoms with Gasteiger partial charge in [-0.3, -0.25) is 4.79 Å². The SMILES string of the molecule is COC1=C(I)C(=O)C2C3CCC(O3)C12. The van der Waals surface area contributed by atoms with Gasteiger partial charge in [0.25, 0.3) is 0 Å². The van der Waals surface area contributed by atoms with E-state index < -0.39 is 0 Å². The number of fused-ring (bicyclic) bond motifs is 5. The van der Waals surface area contributed by atoms with Crippen molar-refractivity contribution in [3.63, 3.8) is 0 Å². The van der Waals surface area contributed by atoms with Gasteiger partial charge < -0.3 is 9.47 Å². The molecule has 4 heteroatoms. The molecule has 2 saturated heterocycles. The van der Waals surface area contributed by atoms with Gasteiger partial charge in [-0.2, -0.15) is 0 Å². The molecule has 0 N–H and O–H groups in total. The molecule has 0 aromatic rings. The number of allylic oxidation sites excluding steroid dienone is 1. The topological polar surface area (TPSA) is 35.5 Å². The number of carbonyl (C=O) groups excluding carboxylic acids is 1. The van der Waals surface area contributed by atoms with Crippen molar-refractivity contribution in [3.8, 4) is 0 Å². The number of hydrogen-bond acceptors (Lipinski definition) is 3. The summed E-state index contributed by atoms with van der Waals surface area (Å²) < 4.78 is 11.9. The molecule has 2 heterocycles. The van der Waals surface area contributed by atoms with Crippen LogP contribution in [0.25, 0.3) is 0 Å². The van der Waals surface area contributed by atoms with E-state index in [-0.39, 0.29) is 29.8 Å². The molecule has 0 amide bonds. The minimum absolute atomic E-state index is 0.0654. The molecule has 3 nitrogen and oxygen atoms in total. The van der Waals surface area contributed by atoms with Gasteiger partial charge in [-0.1, -0.05) is 0 Å². The van der Waals surface area contributed by atoms with Crippen molar-refractivity contribution < 1.29 is 14.3 Å². The van der Waals surface area contributed by atoms with Gasteiger partial charge in [0.2, 0.25) is 0 Å². The minimum Gasteiger partial charge on any atom is -0.499 e. The Labute approximate surface area is 96.0 Å². The highest BCUT2D eigenvalue weighted by Gasteiger charge is 2.58. The molecular weight excluding hydrogens is 295 g/mol. The predicted octanol–water partition coefficient (Wildman–Crippen LogP) is 1.66. The van der Waals surface area contributed by atoms with Crippen molar-refractivity contribution in [1.82, 2.24) is 0 Å². The van der Waals surface area contributed by atoms with Gasteiger partial charge >= 0.3 is 0 Å². The molecule has 14 heavy (non-hydrogen) atoms. The van der Waals surface area contributed by atoms with Gasteiger partial charge in [-0.15, -0.1) is 0 Å². The molecule has 0 radical (unpaired) electrons. The third kappa shape index (κ3) is 0.934. The van der Waals surface area contributed by atoms with E-state index in [2.05, 4.69) is 22.6 Å². The summed E-state index contributed by atoms with van der Waals surface area (Å²) in [6.07, 6.45) is 2.51. The number of ketones is 1. The van der Waals surface area contributed by atoms with E-state index in [1.165, 1.54) is 0 Å². The third-order valence-electron chi connectivity index (χ3n) is 3.53. The Morgan fingerprint density at radius 2 is 2.00 bits per heavy atom. The Bertz CT molecular complexity index is 336. The first-order valence-electron chi connectivity index (χ1n) is 4.87. The number of Topliss-reactive ketones (excluding diaryl/α,β-unsaturated/α-hetero) is 1. The van der Waals surface area contributed by atoms with Crippen LogP contribution in [0.3, 0.4) is 0 Å². The van der Waals surface area contributed by atoms with Crippen LogP contribution in [0.5, 0.6) is 0 Å². The standard InChI is InChI=1S/C10H11IO3/c1-13-10-7-5-3-2-4(14-5)6(7)9(12)8(10)11/h4-7H,2-3H2,1H3. The lowest BCUT2D eigenvalue weighted by Crippen LogP contribution is -2.29. The second-order valence-electron chi connectivity index (χ2n) is 4.09. The van der Waals surface area contributed by atoms with Crippen molar-refractivity contribution >= 4 is 28.4 Å². The van der Waals surface area contributed by atoms with Crippen LogP contribution in [-0.2, 0) is 14.3 Å². The van der Waals surface area contributed by atoms with Crippen molar-refractivity contribution in [2.75, 3.05) is 7.11 Å². The number of hydrogen-bond donors (Lipinski definition) is 0. The highest BCUT2D eigenvalue weighted by Crippen LogP contribution is 2.53. The fourth-order valence-electron chi connectivity index (χ4n) is 2.98. The molecule has 0 aromatic carbocycles. The fraction of sp³-hybridized carbons (Fsp3) is 0.700. The van der Waals surface area contributed by atoms with Crippen LogP contribution in [0.4, 0.5) is 0 Å². The smallest absolute Gasteiger partial charge is 0.178 e. The van der Waals surface area contributed by atoms with Gasteiger partial charge in [0.1, 0.15) is 5.76 Å². The second kappa shape index (κ2) is 2.95. The molecule has 0 saturated carbocycles. The summed E-state index contributed by atoms with van der Waals surface area (Å²) in [5, 5.41) is 0. The average Bonchev–Trinajstić information content (AvgIpc) is 2.82. The lowest BCUT2D eigenvalue weighted by atomic mass is 9.80. The van der Waals surface area contributed by atoms with E-state index in [1.54, 1.807) is 7.11 Å². The summed E-state index contributed by atoms with van der Waals surface area (Å²) >= 11 is 2.11. The molecule has 0 spiro atoms. The molecule has 76 valence electrons. The van der Waals surface area contributed by atoms with Crippen molar-refractivity contribution in [2.24, 2.45) is 11.8 Å². The Morgan fingerprint density at radius 3 is 2.64 bits per heavy atom. The van der Waals surface area contributed by atoms with Crippen LogP contribution in [0.15, 0.2) is 9.34 Å². The number of methoxy groups -OCH3 is 1. The highest BCUT2D eigenvalue weighted by atomic mass is 127. The van der Waals surface area contributed by atoms with Crippen LogP contribution in [0, 0.1) is 11.8 Å². The van der Waals surface area contributed by atoms with E-state index in [4.69, 9.17) is 9.47 Å². The molecule has 3 aliphatic rings. The molecule has 2 aliphatic heterocycles. The molecular formula is C10H11IO3. The number of rotatable bonds is 1. The summed E-state index contributed by atoms with van der Waals surface area (Å²) in [6.45, 7) is 0. The van der Waals surface area contributed by atoms with Crippen molar-refractivity contribution in [2.45, 2.75) is 25.0 Å². The zero-order valence-corrected chi connectivity index (χ0v) is 9.98. The Morgan fingerprint density at radius 1 is 1.36 bits per heavy atom. The summed E-state index contributed by atoms with van der Waals surface area (Å²) in [4.78, 5) is 11.9. The first-order chi connectivity index (χ1) is 6.74. The van der Waals surface area contributed by atoms with Crippen LogP contribution >= 0.6 is 22.6 Å².